The van der Waals surface area contributed by atoms with E-state index in [4.69, 9.17) is 9.47 Å². The smallest absolute Gasteiger partial charge is 0.170 e. The molecule has 3 nitrogen and oxygen atoms in total. The van der Waals surface area contributed by atoms with Crippen molar-refractivity contribution in [2.45, 2.75) is 69.9 Å². The van der Waals surface area contributed by atoms with Gasteiger partial charge in [-0.25, -0.2) is 0 Å². The first-order chi connectivity index (χ1) is 7.63. The van der Waals surface area contributed by atoms with E-state index in [1.807, 2.05) is 6.92 Å². The lowest BCUT2D eigenvalue weighted by Gasteiger charge is -2.55. The Labute approximate surface area is 96.5 Å². The Morgan fingerprint density at radius 3 is 2.88 bits per heavy atom. The second-order valence-electron chi connectivity index (χ2n) is 5.65. The SMILES string of the molecule is C[C@@H]1C[C@@H](C)O[C@@]23CCCC[C@@H]2C(=O)[C@H]3O1. The van der Waals surface area contributed by atoms with Crippen molar-refractivity contribution in [3.63, 3.8) is 0 Å². The van der Waals surface area contributed by atoms with Gasteiger partial charge in [0.25, 0.3) is 0 Å². The number of Topliss-reactive ketones (excluding diaryl/α,β-unsaturated/α-hetero) is 1. The van der Waals surface area contributed by atoms with E-state index in [9.17, 15) is 4.79 Å². The summed E-state index contributed by atoms with van der Waals surface area (Å²) >= 11 is 0. The van der Waals surface area contributed by atoms with Gasteiger partial charge in [0.2, 0.25) is 0 Å². The van der Waals surface area contributed by atoms with E-state index < -0.39 is 0 Å². The first-order valence-corrected chi connectivity index (χ1v) is 6.50. The maximum absolute atomic E-state index is 12.0. The van der Waals surface area contributed by atoms with Crippen molar-refractivity contribution in [2.24, 2.45) is 5.92 Å². The van der Waals surface area contributed by atoms with Gasteiger partial charge in [0, 0.05) is 0 Å². The van der Waals surface area contributed by atoms with Gasteiger partial charge in [-0.15, -0.1) is 0 Å². The van der Waals surface area contributed by atoms with Crippen LogP contribution in [0.4, 0.5) is 0 Å². The molecule has 2 aliphatic carbocycles. The average Bonchev–Trinajstić information content (AvgIpc) is 2.34. The van der Waals surface area contributed by atoms with E-state index in [0.717, 1.165) is 25.7 Å². The van der Waals surface area contributed by atoms with E-state index in [1.165, 1.54) is 6.42 Å². The Kier molecular flexibility index (Phi) is 2.37. The second kappa shape index (κ2) is 3.54. The van der Waals surface area contributed by atoms with Crippen molar-refractivity contribution in [1.29, 1.82) is 0 Å². The van der Waals surface area contributed by atoms with Gasteiger partial charge in [-0.2, -0.15) is 0 Å². The summed E-state index contributed by atoms with van der Waals surface area (Å²) < 4.78 is 12.1. The molecule has 0 aromatic heterocycles. The highest BCUT2D eigenvalue weighted by Crippen LogP contribution is 2.52. The first-order valence-electron chi connectivity index (χ1n) is 6.50. The van der Waals surface area contributed by atoms with Crippen LogP contribution < -0.4 is 0 Å². The molecule has 16 heavy (non-hydrogen) atoms. The first kappa shape index (κ1) is 10.7. The zero-order valence-corrected chi connectivity index (χ0v) is 10.1. The van der Waals surface area contributed by atoms with E-state index in [2.05, 4.69) is 6.92 Å². The minimum atomic E-state index is -0.266. The number of rotatable bonds is 0. The van der Waals surface area contributed by atoms with Crippen LogP contribution in [0.1, 0.15) is 46.0 Å². The topological polar surface area (TPSA) is 35.5 Å². The predicted octanol–water partition coefficient (Wildman–Crippen LogP) is 2.08. The molecule has 1 spiro atoms. The summed E-state index contributed by atoms with van der Waals surface area (Å²) in [6.45, 7) is 4.15. The third-order valence-electron chi connectivity index (χ3n) is 4.40. The molecule has 0 amide bonds. The molecule has 0 unspecified atom stereocenters. The molecule has 90 valence electrons. The number of hydrogen-bond donors (Lipinski definition) is 0. The molecule has 3 aliphatic rings. The van der Waals surface area contributed by atoms with Crippen molar-refractivity contribution in [3.05, 3.63) is 0 Å². The van der Waals surface area contributed by atoms with Gasteiger partial charge in [0.15, 0.2) is 5.78 Å². The fourth-order valence-electron chi connectivity index (χ4n) is 3.76. The highest BCUT2D eigenvalue weighted by atomic mass is 16.6. The molecule has 0 radical (unpaired) electrons. The lowest BCUT2D eigenvalue weighted by Crippen LogP contribution is -2.70. The van der Waals surface area contributed by atoms with Crippen molar-refractivity contribution in [2.75, 3.05) is 0 Å². The fraction of sp³-hybridized carbons (Fsp3) is 0.923. The third kappa shape index (κ3) is 1.31. The van der Waals surface area contributed by atoms with Gasteiger partial charge in [-0.1, -0.05) is 12.8 Å². The summed E-state index contributed by atoms with van der Waals surface area (Å²) in [7, 11) is 0. The molecule has 3 heteroatoms. The quantitative estimate of drug-likeness (QED) is 0.632. The lowest BCUT2D eigenvalue weighted by atomic mass is 9.58. The Morgan fingerprint density at radius 2 is 2.06 bits per heavy atom. The molecular formula is C13H20O3. The van der Waals surface area contributed by atoms with Crippen molar-refractivity contribution in [1.82, 2.24) is 0 Å². The van der Waals surface area contributed by atoms with Crippen LogP contribution in [0.5, 0.6) is 0 Å². The average molecular weight is 224 g/mol. The van der Waals surface area contributed by atoms with E-state index in [-0.39, 0.29) is 29.8 Å². The standard InChI is InChI=1S/C13H20O3/c1-8-7-9(2)16-13-6-4-3-5-10(13)11(14)12(13)15-8/h8-10,12H,3-7H2,1-2H3/t8-,9-,10-,12-,13+/m1/s1. The summed E-state index contributed by atoms with van der Waals surface area (Å²) in [5, 5.41) is 0. The van der Waals surface area contributed by atoms with E-state index in [1.54, 1.807) is 0 Å². The van der Waals surface area contributed by atoms with Crippen LogP contribution in [0, 0.1) is 5.92 Å². The van der Waals surface area contributed by atoms with Crippen molar-refractivity contribution >= 4 is 5.78 Å². The van der Waals surface area contributed by atoms with Gasteiger partial charge in [-0.3, -0.25) is 4.79 Å². The van der Waals surface area contributed by atoms with Crippen LogP contribution in [0.15, 0.2) is 0 Å². The fourth-order valence-corrected chi connectivity index (χ4v) is 3.76. The van der Waals surface area contributed by atoms with Gasteiger partial charge >= 0.3 is 0 Å². The van der Waals surface area contributed by atoms with Crippen LogP contribution in [0.2, 0.25) is 0 Å². The molecule has 0 N–H and O–H groups in total. The zero-order valence-electron chi connectivity index (χ0n) is 10.1. The largest absolute Gasteiger partial charge is 0.368 e. The Bertz CT molecular complexity index is 314. The summed E-state index contributed by atoms with van der Waals surface area (Å²) in [6.07, 6.45) is 5.34. The Morgan fingerprint density at radius 1 is 1.25 bits per heavy atom. The normalized spacial score (nSPS) is 52.2. The predicted molar refractivity (Wildman–Crippen MR) is 59.2 cm³/mol. The van der Waals surface area contributed by atoms with E-state index >= 15 is 0 Å². The highest BCUT2D eigenvalue weighted by molar-refractivity contribution is 5.95. The second-order valence-corrected chi connectivity index (χ2v) is 5.65. The summed E-state index contributed by atoms with van der Waals surface area (Å²) in [6, 6.07) is 0. The van der Waals surface area contributed by atoms with Gasteiger partial charge in [0.05, 0.1) is 18.1 Å². The Hall–Kier alpha value is -0.410. The molecule has 0 bridgehead atoms. The monoisotopic (exact) mass is 224 g/mol. The molecule has 3 rings (SSSR count). The maximum Gasteiger partial charge on any atom is 0.170 e. The number of ether oxygens (including phenoxy) is 2. The van der Waals surface area contributed by atoms with Crippen molar-refractivity contribution in [3.8, 4) is 0 Å². The molecule has 1 aliphatic heterocycles. The zero-order chi connectivity index (χ0) is 11.3. The van der Waals surface area contributed by atoms with Gasteiger partial charge in [-0.05, 0) is 33.1 Å². The number of carbonyl (C=O) groups excluding carboxylic acids is 1. The highest BCUT2D eigenvalue weighted by Gasteiger charge is 2.66. The summed E-state index contributed by atoms with van der Waals surface area (Å²) in [4.78, 5) is 12.0. The van der Waals surface area contributed by atoms with Crippen LogP contribution in [-0.2, 0) is 14.3 Å². The molecule has 2 saturated carbocycles. The number of carbonyl (C=O) groups is 1. The van der Waals surface area contributed by atoms with Gasteiger partial charge in [0.1, 0.15) is 11.7 Å². The maximum atomic E-state index is 12.0. The molecule has 0 aromatic carbocycles. The van der Waals surface area contributed by atoms with Gasteiger partial charge < -0.3 is 9.47 Å². The van der Waals surface area contributed by atoms with Crippen LogP contribution >= 0.6 is 0 Å². The minimum absolute atomic E-state index is 0.124. The van der Waals surface area contributed by atoms with Crippen LogP contribution in [0.25, 0.3) is 0 Å². The third-order valence-corrected chi connectivity index (χ3v) is 4.40. The number of hydrogen-bond acceptors (Lipinski definition) is 3. The Balaban J connectivity index is 1.90. The molecule has 1 saturated heterocycles. The molecule has 5 atom stereocenters. The summed E-state index contributed by atoms with van der Waals surface area (Å²) in [5.74, 6) is 0.416. The minimum Gasteiger partial charge on any atom is -0.368 e. The van der Waals surface area contributed by atoms with Crippen LogP contribution in [-0.4, -0.2) is 29.7 Å². The molecular weight excluding hydrogens is 204 g/mol. The lowest BCUT2D eigenvalue weighted by molar-refractivity contribution is -0.234. The van der Waals surface area contributed by atoms with Crippen molar-refractivity contribution < 1.29 is 14.3 Å². The summed E-state index contributed by atoms with van der Waals surface area (Å²) in [5.41, 5.74) is -0.250. The van der Waals surface area contributed by atoms with Crippen LogP contribution in [0.3, 0.4) is 0 Å². The van der Waals surface area contributed by atoms with E-state index in [0.29, 0.717) is 5.78 Å². The number of ketones is 1. The molecule has 3 fully saturated rings. The molecule has 1 heterocycles. The molecule has 0 aromatic rings.